The van der Waals surface area contributed by atoms with Gasteiger partial charge in [0.15, 0.2) is 0 Å². The summed E-state index contributed by atoms with van der Waals surface area (Å²) in [4.78, 5) is 18.1. The third kappa shape index (κ3) is 2.58. The van der Waals surface area contributed by atoms with Gasteiger partial charge in [0, 0.05) is 37.3 Å². The predicted molar refractivity (Wildman–Crippen MR) is 108 cm³/mol. The number of hydrogen-bond donors (Lipinski definition) is 1. The van der Waals surface area contributed by atoms with E-state index in [0.717, 1.165) is 43.9 Å². The zero-order chi connectivity index (χ0) is 17.5. The lowest BCUT2D eigenvalue weighted by atomic mass is 10.0. The van der Waals surface area contributed by atoms with E-state index in [1.807, 2.05) is 0 Å². The highest BCUT2D eigenvalue weighted by Gasteiger charge is 2.25. The Hall–Kier alpha value is -1.79. The summed E-state index contributed by atoms with van der Waals surface area (Å²) in [6.07, 6.45) is 8.91. The molecule has 6 heteroatoms. The second-order valence-electron chi connectivity index (χ2n) is 7.37. The van der Waals surface area contributed by atoms with Gasteiger partial charge in [-0.05, 0) is 43.2 Å². The highest BCUT2D eigenvalue weighted by molar-refractivity contribution is 7.26. The number of thiophene rings is 1. The number of unbranched alkanes of at least 4 members (excludes halogenated alkanes) is 1. The minimum absolute atomic E-state index is 1.01. The fourth-order valence-corrected chi connectivity index (χ4v) is 5.61. The molecule has 0 amide bonds. The van der Waals surface area contributed by atoms with Crippen molar-refractivity contribution in [3.05, 3.63) is 23.1 Å². The average Bonchev–Trinajstić information content (AvgIpc) is 3.30. The van der Waals surface area contributed by atoms with Gasteiger partial charge in [-0.15, -0.1) is 11.3 Å². The van der Waals surface area contributed by atoms with E-state index >= 15 is 0 Å². The van der Waals surface area contributed by atoms with Crippen LogP contribution >= 0.6 is 11.3 Å². The van der Waals surface area contributed by atoms with Gasteiger partial charge in [-0.2, -0.15) is 0 Å². The van der Waals surface area contributed by atoms with Crippen LogP contribution < -0.4 is 10.2 Å². The third-order valence-corrected chi connectivity index (χ3v) is 6.79. The summed E-state index contributed by atoms with van der Waals surface area (Å²) in [5.74, 6) is 1.10. The number of rotatable bonds is 4. The van der Waals surface area contributed by atoms with E-state index in [1.54, 1.807) is 17.7 Å². The molecule has 0 spiro atoms. The van der Waals surface area contributed by atoms with Crippen LogP contribution in [0.25, 0.3) is 20.4 Å². The Bertz CT molecular complexity index is 958. The maximum absolute atomic E-state index is 5.13. The number of nitrogens with one attached hydrogen (secondary N) is 1. The molecule has 3 aromatic heterocycles. The highest BCUT2D eigenvalue weighted by atomic mass is 32.1. The number of nitrogens with zero attached hydrogens (tertiary/aromatic N) is 4. The second-order valence-corrected chi connectivity index (χ2v) is 8.37. The number of anilines is 1. The van der Waals surface area contributed by atoms with E-state index < -0.39 is 0 Å². The summed E-state index contributed by atoms with van der Waals surface area (Å²) in [6, 6.07) is 0. The van der Waals surface area contributed by atoms with Crippen molar-refractivity contribution in [2.75, 3.05) is 31.1 Å². The zero-order valence-corrected chi connectivity index (χ0v) is 16.2. The second kappa shape index (κ2) is 6.74. The molecule has 5 rings (SSSR count). The van der Waals surface area contributed by atoms with E-state index in [-0.39, 0.29) is 0 Å². The lowest BCUT2D eigenvalue weighted by Crippen LogP contribution is -2.43. The third-order valence-electron chi connectivity index (χ3n) is 5.72. The van der Waals surface area contributed by atoms with Crippen LogP contribution in [-0.4, -0.2) is 41.1 Å². The number of pyridine rings is 1. The molecule has 0 aromatic carbocycles. The molecule has 0 saturated carbocycles. The molecule has 0 radical (unpaired) electrons. The number of aromatic nitrogens is 3. The minimum atomic E-state index is 1.01. The zero-order valence-electron chi connectivity index (χ0n) is 15.3. The molecule has 1 saturated heterocycles. The van der Waals surface area contributed by atoms with Gasteiger partial charge in [0.25, 0.3) is 0 Å². The first-order chi connectivity index (χ1) is 12.9. The Morgan fingerprint density at radius 2 is 2.00 bits per heavy atom. The molecule has 1 fully saturated rings. The SMILES string of the molecule is CCCCc1nc2sc3c(N4CCNCC4)ncnc3c2c2c1CCC2. The maximum atomic E-state index is 5.13. The molecular weight excluding hydrogens is 342 g/mol. The average molecular weight is 368 g/mol. The van der Waals surface area contributed by atoms with Crippen molar-refractivity contribution in [1.82, 2.24) is 20.3 Å². The van der Waals surface area contributed by atoms with Gasteiger partial charge < -0.3 is 10.2 Å². The molecule has 136 valence electrons. The topological polar surface area (TPSA) is 53.9 Å². The normalized spacial score (nSPS) is 17.3. The van der Waals surface area contributed by atoms with Crippen molar-refractivity contribution in [3.8, 4) is 0 Å². The molecule has 26 heavy (non-hydrogen) atoms. The minimum Gasteiger partial charge on any atom is -0.353 e. The fraction of sp³-hybridized carbons (Fsp3) is 0.550. The number of fused-ring (bicyclic) bond motifs is 5. The van der Waals surface area contributed by atoms with Gasteiger partial charge in [-0.25, -0.2) is 15.0 Å². The summed E-state index contributed by atoms with van der Waals surface area (Å²) in [5.41, 5.74) is 5.52. The Morgan fingerprint density at radius 3 is 2.85 bits per heavy atom. The molecular formula is C20H25N5S. The smallest absolute Gasteiger partial charge is 0.150 e. The van der Waals surface area contributed by atoms with Gasteiger partial charge in [0.2, 0.25) is 0 Å². The Labute approximate surface area is 157 Å². The molecule has 5 nitrogen and oxygen atoms in total. The van der Waals surface area contributed by atoms with Gasteiger partial charge in [0.1, 0.15) is 17.0 Å². The van der Waals surface area contributed by atoms with Crippen LogP contribution in [0.15, 0.2) is 6.33 Å². The van der Waals surface area contributed by atoms with Crippen molar-refractivity contribution in [2.45, 2.75) is 45.4 Å². The van der Waals surface area contributed by atoms with Crippen LogP contribution in [0.2, 0.25) is 0 Å². The van der Waals surface area contributed by atoms with Crippen LogP contribution in [0, 0.1) is 0 Å². The van der Waals surface area contributed by atoms with Gasteiger partial charge in [-0.3, -0.25) is 0 Å². The predicted octanol–water partition coefficient (Wildman–Crippen LogP) is 3.48. The monoisotopic (exact) mass is 367 g/mol. The summed E-state index contributed by atoms with van der Waals surface area (Å²) in [7, 11) is 0. The van der Waals surface area contributed by atoms with Crippen LogP contribution in [0.3, 0.4) is 0 Å². The van der Waals surface area contributed by atoms with E-state index in [9.17, 15) is 0 Å². The maximum Gasteiger partial charge on any atom is 0.150 e. The van der Waals surface area contributed by atoms with Crippen molar-refractivity contribution in [2.24, 2.45) is 0 Å². The largest absolute Gasteiger partial charge is 0.353 e. The Balaban J connectivity index is 1.71. The lowest BCUT2D eigenvalue weighted by molar-refractivity contribution is 0.586. The van der Waals surface area contributed by atoms with E-state index in [1.165, 1.54) is 63.8 Å². The lowest BCUT2D eigenvalue weighted by Gasteiger charge is -2.28. The van der Waals surface area contributed by atoms with Crippen LogP contribution in [0.5, 0.6) is 0 Å². The van der Waals surface area contributed by atoms with Crippen molar-refractivity contribution in [3.63, 3.8) is 0 Å². The molecule has 3 aromatic rings. The Kier molecular flexibility index (Phi) is 4.25. The molecule has 0 unspecified atom stereocenters. The van der Waals surface area contributed by atoms with Crippen molar-refractivity contribution >= 4 is 37.6 Å². The molecule has 0 atom stereocenters. The summed E-state index contributed by atoms with van der Waals surface area (Å²) in [6.45, 7) is 6.31. The van der Waals surface area contributed by atoms with Crippen molar-refractivity contribution < 1.29 is 0 Å². The van der Waals surface area contributed by atoms with E-state index in [0.29, 0.717) is 0 Å². The quantitative estimate of drug-likeness (QED) is 0.765. The van der Waals surface area contributed by atoms with E-state index in [2.05, 4.69) is 22.1 Å². The molecule has 2 aliphatic rings. The Morgan fingerprint density at radius 1 is 1.15 bits per heavy atom. The number of piperazine rings is 1. The molecule has 1 aliphatic heterocycles. The summed E-state index contributed by atoms with van der Waals surface area (Å²) in [5, 5.41) is 4.74. The number of hydrogen-bond acceptors (Lipinski definition) is 6. The van der Waals surface area contributed by atoms with Gasteiger partial charge in [-0.1, -0.05) is 13.3 Å². The fourth-order valence-electron chi connectivity index (χ4n) is 4.42. The van der Waals surface area contributed by atoms with E-state index in [4.69, 9.17) is 9.97 Å². The summed E-state index contributed by atoms with van der Waals surface area (Å²) < 4.78 is 1.22. The first-order valence-corrected chi connectivity index (χ1v) is 10.7. The van der Waals surface area contributed by atoms with Crippen LogP contribution in [-0.2, 0) is 19.3 Å². The molecule has 4 heterocycles. The van der Waals surface area contributed by atoms with Crippen molar-refractivity contribution in [1.29, 1.82) is 0 Å². The first kappa shape index (κ1) is 16.4. The molecule has 1 N–H and O–H groups in total. The molecule has 1 aliphatic carbocycles. The molecule has 0 bridgehead atoms. The standard InChI is InChI=1S/C20H25N5S/c1-2-3-7-15-13-5-4-6-14(13)16-17-18(26-20(16)24-15)19(23-12-22-17)25-10-8-21-9-11-25/h12,21H,2-11H2,1H3. The first-order valence-electron chi connectivity index (χ1n) is 9.90. The summed E-state index contributed by atoms with van der Waals surface area (Å²) >= 11 is 1.80. The van der Waals surface area contributed by atoms with Crippen LogP contribution in [0.4, 0.5) is 5.82 Å². The van der Waals surface area contributed by atoms with Gasteiger partial charge >= 0.3 is 0 Å². The highest BCUT2D eigenvalue weighted by Crippen LogP contribution is 2.42. The number of aryl methyl sites for hydroxylation is 2. The van der Waals surface area contributed by atoms with Crippen LogP contribution in [0.1, 0.15) is 43.0 Å². The van der Waals surface area contributed by atoms with Gasteiger partial charge in [0.05, 0.1) is 10.2 Å².